The van der Waals surface area contributed by atoms with E-state index in [4.69, 9.17) is 28.7 Å². The second kappa shape index (κ2) is 46.3. The third-order valence-corrected chi connectivity index (χ3v) is 20.7. The fraction of sp³-hybridized carbons (Fsp3) is 0.562. The number of hydrogen-bond donors (Lipinski definition) is 19. The third kappa shape index (κ3) is 28.6. The lowest BCUT2D eigenvalue weighted by Gasteiger charge is -2.33. The Morgan fingerprint density at radius 2 is 1.13 bits per heavy atom. The number of carbonyl (C=O) groups excluding carboxylic acids is 13. The molecule has 4 aromatic rings. The number of nitrogens with zero attached hydrogens (tertiary/aromatic N) is 5. The topological polar surface area (TPSA) is 629 Å². The van der Waals surface area contributed by atoms with Gasteiger partial charge in [-0.05, 0) is 98.5 Å². The highest BCUT2D eigenvalue weighted by Gasteiger charge is 2.46. The number of aliphatic hydroxyl groups excluding tert-OH is 1. The number of carboxylic acids is 2. The van der Waals surface area contributed by atoms with Crippen LogP contribution in [-0.2, 0) is 84.8 Å². The summed E-state index contributed by atoms with van der Waals surface area (Å²) < 4.78 is 1.44. The Bertz CT molecular complexity index is 4050. The maximum Gasteiger partial charge on any atom is 0.326 e. The molecule has 13 amide bonds. The summed E-state index contributed by atoms with van der Waals surface area (Å²) in [4.78, 5) is 216. The minimum Gasteiger partial charge on any atom is -0.481 e. The molecule has 3 heterocycles. The number of thioether (sulfide) groups is 2. The number of para-hydroxylation sites is 1. The van der Waals surface area contributed by atoms with E-state index in [1.54, 1.807) is 76.9 Å². The average molecular weight is 1630 g/mol. The summed E-state index contributed by atoms with van der Waals surface area (Å²) in [6.45, 7) is 8.52. The number of nitrogens with two attached hydrogens (primary N) is 5. The molecule has 114 heavy (non-hydrogen) atoms. The van der Waals surface area contributed by atoms with Crippen molar-refractivity contribution in [2.45, 2.75) is 204 Å². The van der Waals surface area contributed by atoms with Gasteiger partial charge in [-0.2, -0.15) is 23.5 Å². The third-order valence-electron chi connectivity index (χ3n) is 19.4. The Morgan fingerprint density at radius 1 is 0.605 bits per heavy atom. The van der Waals surface area contributed by atoms with Crippen LogP contribution < -0.4 is 81.8 Å². The summed E-state index contributed by atoms with van der Waals surface area (Å²) >= 11 is 2.70. The van der Waals surface area contributed by atoms with Gasteiger partial charge in [-0.3, -0.25) is 72.1 Å². The molecule has 0 spiro atoms. The maximum atomic E-state index is 15.7. The number of aromatic amines is 1. The lowest BCUT2D eigenvalue weighted by molar-refractivity contribution is -0.144. The molecule has 0 unspecified atom stereocenters. The zero-order valence-corrected chi connectivity index (χ0v) is 66.7. The molecule has 0 radical (unpaired) electrons. The quantitative estimate of drug-likeness (QED) is 0.0118. The second-order valence-corrected chi connectivity index (χ2v) is 29.9. The largest absolute Gasteiger partial charge is 0.481 e. The van der Waals surface area contributed by atoms with Gasteiger partial charge >= 0.3 is 11.9 Å². The van der Waals surface area contributed by atoms with Gasteiger partial charge in [-0.1, -0.05) is 95.1 Å². The minimum atomic E-state index is -1.95. The number of nitrogens with one attached hydrogen (secondary N) is 11. The van der Waals surface area contributed by atoms with Crippen LogP contribution in [0.3, 0.4) is 0 Å². The highest BCUT2D eigenvalue weighted by atomic mass is 32.2. The second-order valence-electron chi connectivity index (χ2n) is 27.9. The van der Waals surface area contributed by atoms with E-state index >= 15 is 14.4 Å². The molecule has 626 valence electrons. The standard InChI is InChI=1S/C73H109N21O18S2/c1-9-37(4)59(89-62(101)45(74)16-14-26-79-73(77)78)70(109)87-51(31-56(75)96)66(105)85-52(32-57(76)97)67(106)90-60(38(5)10-2)71(110)93-34-43(94-35-53(91-92-94)41-20-18-40(11-3)19-21-41)30-55(93)69(108)86-50(29-42-33-80-46-17-13-12-15-44(42)46)65(104)88-54(36-95)68(107)83-47(22-23-58(98)99)63(102)81-39(6)61(100)82-48(24-27-113-7)64(103)84-49(72(111)112)25-28-114-8/h12-13,15,17-21,33,35,37-39,43,45,47-52,54-55,59-60,80,95H,9-11,14,16,22-32,34,36,74H2,1-8H3,(H2,75,96)(H2,76,97)(H,81,102)(H,82,100)(H,83,107)(H,84,103)(H,85,105)(H,86,108)(H,87,109)(H,88,104)(H,89,101)(H,90,106)(H,98,99)(H,111,112)(H4,77,78,79)/t37-,38-,39-,43-,45-,47-,48-,49-,50-,51-,52-,54-,55-,59-,60-/m0/s1. The molecule has 24 N–H and O–H groups in total. The van der Waals surface area contributed by atoms with Crippen molar-refractivity contribution in [2.75, 3.05) is 43.7 Å². The van der Waals surface area contributed by atoms with Gasteiger partial charge in [0.2, 0.25) is 76.8 Å². The number of H-pyrrole nitrogens is 1. The number of carbonyl (C=O) groups is 15. The number of likely N-dealkylation sites (tertiary alicyclic amines) is 1. The van der Waals surface area contributed by atoms with Crippen LogP contribution in [0.2, 0.25) is 0 Å². The lowest BCUT2D eigenvalue weighted by atomic mass is 9.96. The molecular weight excluding hydrogens is 1520 g/mol. The molecule has 2 aromatic carbocycles. The van der Waals surface area contributed by atoms with Crippen LogP contribution >= 0.6 is 23.5 Å². The fourth-order valence-electron chi connectivity index (χ4n) is 12.3. The zero-order valence-electron chi connectivity index (χ0n) is 65.1. The van der Waals surface area contributed by atoms with Crippen molar-refractivity contribution in [3.05, 3.63) is 72.1 Å². The molecule has 5 rings (SSSR count). The van der Waals surface area contributed by atoms with Crippen molar-refractivity contribution in [3.8, 4) is 11.3 Å². The molecule has 41 heteroatoms. The number of carboxylic acid groups (broad SMARTS) is 2. The van der Waals surface area contributed by atoms with Crippen molar-refractivity contribution in [3.63, 3.8) is 0 Å². The van der Waals surface area contributed by atoms with Gasteiger partial charge in [0, 0.05) is 55.0 Å². The van der Waals surface area contributed by atoms with Crippen LogP contribution in [0.4, 0.5) is 0 Å². The first-order valence-electron chi connectivity index (χ1n) is 37.4. The van der Waals surface area contributed by atoms with E-state index in [1.165, 1.54) is 35.1 Å². The monoisotopic (exact) mass is 1630 g/mol. The van der Waals surface area contributed by atoms with E-state index in [2.05, 4.69) is 73.5 Å². The number of aryl methyl sites for hydroxylation is 1. The fourth-order valence-corrected chi connectivity index (χ4v) is 13.2. The van der Waals surface area contributed by atoms with Crippen molar-refractivity contribution in [1.82, 2.24) is 78.0 Å². The summed E-state index contributed by atoms with van der Waals surface area (Å²) in [7, 11) is 0. The van der Waals surface area contributed by atoms with Crippen LogP contribution in [0.25, 0.3) is 22.2 Å². The van der Waals surface area contributed by atoms with E-state index in [0.29, 0.717) is 52.1 Å². The van der Waals surface area contributed by atoms with Crippen molar-refractivity contribution >= 4 is 129 Å². The number of aromatic nitrogens is 4. The van der Waals surface area contributed by atoms with Crippen molar-refractivity contribution in [1.29, 1.82) is 0 Å². The number of hydrogen-bond acceptors (Lipinski definition) is 22. The Morgan fingerprint density at radius 3 is 1.72 bits per heavy atom. The van der Waals surface area contributed by atoms with Gasteiger partial charge in [-0.15, -0.1) is 5.10 Å². The van der Waals surface area contributed by atoms with E-state index in [9.17, 15) is 72.9 Å². The number of aliphatic hydroxyl groups is 1. The number of aliphatic carboxylic acids is 2. The summed E-state index contributed by atoms with van der Waals surface area (Å²) in [5.41, 5.74) is 31.4. The van der Waals surface area contributed by atoms with Gasteiger partial charge in [0.25, 0.3) is 0 Å². The van der Waals surface area contributed by atoms with Gasteiger partial charge in [0.15, 0.2) is 5.96 Å². The van der Waals surface area contributed by atoms with E-state index in [0.717, 1.165) is 16.9 Å². The smallest absolute Gasteiger partial charge is 0.326 e. The van der Waals surface area contributed by atoms with E-state index < -0.39 is 211 Å². The Hall–Kier alpha value is -10.9. The molecule has 39 nitrogen and oxygen atoms in total. The van der Waals surface area contributed by atoms with Crippen LogP contribution in [0, 0.1) is 11.8 Å². The highest BCUT2D eigenvalue weighted by molar-refractivity contribution is 7.98. The maximum absolute atomic E-state index is 15.7. The molecule has 0 bridgehead atoms. The summed E-state index contributed by atoms with van der Waals surface area (Å²) in [6, 6.07) is -5.26. The number of benzene rings is 2. The van der Waals surface area contributed by atoms with E-state index in [-0.39, 0.29) is 57.6 Å². The first-order valence-corrected chi connectivity index (χ1v) is 40.2. The molecular formula is C73H109N21O18S2. The minimum absolute atomic E-state index is 0.0486. The van der Waals surface area contributed by atoms with Crippen LogP contribution in [0.1, 0.15) is 129 Å². The first kappa shape index (κ1) is 93.7. The number of amides is 13. The Balaban J connectivity index is 1.48. The summed E-state index contributed by atoms with van der Waals surface area (Å²) in [5, 5.41) is 64.6. The SMILES string of the molecule is CCc1ccc(-c2cn([C@H]3C[C@@H](C(=O)N[C@@H](Cc4c[nH]c5ccccc45)C(=O)N[C@@H](CO)C(=O)N[C@@H](CCC(=O)O)C(=O)N[C@@H](C)C(=O)N[C@@H](CCSC)C(=O)N[C@@H](CCSC)C(=O)O)N(C(=O)[C@@H](NC(=O)[C@H](CC(N)=O)NC(=O)[C@H](CC(N)=O)NC(=O)[C@@H](NC(=O)[C@@H](N)CCCN=C(N)N)[C@@H](C)CC)[C@@H](C)CC)C3)nn2)cc1. The molecule has 15 atom stereocenters. The van der Waals surface area contributed by atoms with Crippen molar-refractivity contribution < 1.29 is 87.2 Å². The van der Waals surface area contributed by atoms with Crippen LogP contribution in [-0.4, -0.2) is 251 Å². The highest BCUT2D eigenvalue weighted by Crippen LogP contribution is 2.31. The molecule has 1 saturated heterocycles. The summed E-state index contributed by atoms with van der Waals surface area (Å²) in [5.74, 6) is -16.9. The number of fused-ring (bicyclic) bond motifs is 1. The van der Waals surface area contributed by atoms with Crippen LogP contribution in [0.5, 0.6) is 0 Å². The van der Waals surface area contributed by atoms with Crippen LogP contribution in [0.15, 0.2) is 65.9 Å². The molecule has 2 aromatic heterocycles. The number of rotatable bonds is 49. The van der Waals surface area contributed by atoms with Gasteiger partial charge in [-0.25, -0.2) is 9.48 Å². The van der Waals surface area contributed by atoms with Gasteiger partial charge in [0.1, 0.15) is 72.2 Å². The first-order chi connectivity index (χ1) is 54.1. The molecule has 1 aliphatic rings. The summed E-state index contributed by atoms with van der Waals surface area (Å²) in [6.07, 6.45) is 4.73. The lowest BCUT2D eigenvalue weighted by Crippen LogP contribution is -2.62. The molecule has 0 aliphatic carbocycles. The predicted octanol–water partition coefficient (Wildman–Crippen LogP) is -3.09. The van der Waals surface area contributed by atoms with Gasteiger partial charge < -0.3 is 107 Å². The Kier molecular flexibility index (Phi) is 38.0. The number of aliphatic imine (C=N–C) groups is 1. The zero-order chi connectivity index (χ0) is 84.6. The predicted molar refractivity (Wildman–Crippen MR) is 423 cm³/mol. The van der Waals surface area contributed by atoms with Crippen molar-refractivity contribution in [2.24, 2.45) is 45.5 Å². The number of guanidine groups is 1. The van der Waals surface area contributed by atoms with Gasteiger partial charge in [0.05, 0.1) is 37.7 Å². The molecule has 0 saturated carbocycles. The number of primary amides is 2. The van der Waals surface area contributed by atoms with E-state index in [1.807, 2.05) is 31.2 Å². The normalized spacial score (nSPS) is 16.6. The average Bonchev–Trinajstić information content (AvgIpc) is 1.63. The molecule has 1 fully saturated rings. The molecule has 1 aliphatic heterocycles. The Labute approximate surface area is 667 Å².